The molecule has 0 amide bonds. The van der Waals surface area contributed by atoms with Crippen LogP contribution in [-0.2, 0) is 29.5 Å². The minimum absolute atomic E-state index is 0.0640. The highest BCUT2D eigenvalue weighted by atomic mass is 32.1. The fraction of sp³-hybridized carbons (Fsp3) is 0.273. The van der Waals surface area contributed by atoms with Crippen molar-refractivity contribution in [1.29, 1.82) is 0 Å². The van der Waals surface area contributed by atoms with E-state index in [-0.39, 0.29) is 11.8 Å². The predicted molar refractivity (Wildman–Crippen MR) is 108 cm³/mol. The molecule has 0 bridgehead atoms. The van der Waals surface area contributed by atoms with Gasteiger partial charge in [-0.05, 0) is 41.7 Å². The molecular weight excluding hydrogens is 374 g/mol. The molecule has 1 N–H and O–H groups in total. The topological polar surface area (TPSA) is 68.7 Å². The van der Waals surface area contributed by atoms with Crippen molar-refractivity contribution < 1.29 is 19.4 Å². The number of nitrogens with zero attached hydrogens (tertiary/aromatic N) is 1. The minimum Gasteiger partial charge on any atom is -0.493 e. The van der Waals surface area contributed by atoms with Crippen LogP contribution < -0.4 is 9.47 Å². The number of benzene rings is 2. The number of aromatic nitrogens is 1. The summed E-state index contributed by atoms with van der Waals surface area (Å²) in [7, 11) is 3.25. The first kappa shape index (κ1) is 18.5. The lowest BCUT2D eigenvalue weighted by Crippen LogP contribution is -2.28. The molecule has 0 atom stereocenters. The highest BCUT2D eigenvalue weighted by molar-refractivity contribution is 7.09. The molecule has 0 aliphatic heterocycles. The van der Waals surface area contributed by atoms with Gasteiger partial charge in [-0.1, -0.05) is 30.3 Å². The molecule has 6 heteroatoms. The molecule has 28 heavy (non-hydrogen) atoms. The molecule has 5 nitrogen and oxygen atoms in total. The SMILES string of the molecule is COc1ccc(C2(c3nc(CC(=O)O)cs3)Cc3ccccc3C2)cc1OC. The number of carboxylic acid groups (broad SMARTS) is 1. The molecule has 2 aromatic carbocycles. The summed E-state index contributed by atoms with van der Waals surface area (Å²) < 4.78 is 10.9. The van der Waals surface area contributed by atoms with E-state index in [2.05, 4.69) is 30.3 Å². The summed E-state index contributed by atoms with van der Waals surface area (Å²) in [6.45, 7) is 0. The average Bonchev–Trinajstić information content (AvgIpc) is 3.32. The van der Waals surface area contributed by atoms with Crippen LogP contribution in [0.25, 0.3) is 0 Å². The third kappa shape index (κ3) is 3.14. The Morgan fingerprint density at radius 1 is 1.11 bits per heavy atom. The summed E-state index contributed by atoms with van der Waals surface area (Å²) in [6.07, 6.45) is 1.57. The van der Waals surface area contributed by atoms with Crippen LogP contribution in [0.3, 0.4) is 0 Å². The third-order valence-corrected chi connectivity index (χ3v) is 6.43. The number of ether oxygens (including phenoxy) is 2. The molecule has 0 spiro atoms. The van der Waals surface area contributed by atoms with E-state index in [0.29, 0.717) is 17.2 Å². The van der Waals surface area contributed by atoms with Crippen LogP contribution in [0.5, 0.6) is 11.5 Å². The number of carbonyl (C=O) groups is 1. The van der Waals surface area contributed by atoms with Crippen molar-refractivity contribution in [1.82, 2.24) is 4.98 Å². The maximum absolute atomic E-state index is 11.1. The number of hydrogen-bond donors (Lipinski definition) is 1. The van der Waals surface area contributed by atoms with Gasteiger partial charge >= 0.3 is 5.97 Å². The number of aliphatic carboxylic acids is 1. The Bertz CT molecular complexity index is 1000. The van der Waals surface area contributed by atoms with Crippen molar-refractivity contribution >= 4 is 17.3 Å². The van der Waals surface area contributed by atoms with Crippen molar-refractivity contribution in [3.05, 3.63) is 75.2 Å². The van der Waals surface area contributed by atoms with Gasteiger partial charge in [0.25, 0.3) is 0 Å². The van der Waals surface area contributed by atoms with Crippen molar-refractivity contribution in [2.24, 2.45) is 0 Å². The standard InChI is InChI=1S/C22H21NO4S/c1-26-18-8-7-16(9-19(18)27-2)22(11-14-5-3-4-6-15(14)12-22)21-23-17(13-28-21)10-20(24)25/h3-9,13H,10-12H2,1-2H3,(H,24,25). The van der Waals surface area contributed by atoms with Gasteiger partial charge in [0.1, 0.15) is 5.01 Å². The van der Waals surface area contributed by atoms with E-state index in [4.69, 9.17) is 19.6 Å². The fourth-order valence-electron chi connectivity index (χ4n) is 3.99. The number of fused-ring (bicyclic) bond motifs is 1. The normalized spacial score (nSPS) is 14.5. The molecule has 0 radical (unpaired) electrons. The van der Waals surface area contributed by atoms with Crippen LogP contribution in [-0.4, -0.2) is 30.3 Å². The molecule has 0 unspecified atom stereocenters. The molecule has 0 saturated carbocycles. The van der Waals surface area contributed by atoms with Gasteiger partial charge in [-0.2, -0.15) is 0 Å². The molecule has 0 saturated heterocycles. The first-order chi connectivity index (χ1) is 13.6. The fourth-order valence-corrected chi connectivity index (χ4v) is 5.03. The first-order valence-corrected chi connectivity index (χ1v) is 9.89. The van der Waals surface area contributed by atoms with Gasteiger partial charge in [-0.25, -0.2) is 4.98 Å². The molecule has 1 aromatic heterocycles. The Kier molecular flexibility index (Phi) is 4.81. The van der Waals surface area contributed by atoms with Crippen molar-refractivity contribution in [2.45, 2.75) is 24.7 Å². The molecule has 4 rings (SSSR count). The average molecular weight is 395 g/mol. The van der Waals surface area contributed by atoms with Crippen molar-refractivity contribution in [2.75, 3.05) is 14.2 Å². The second-order valence-corrected chi connectivity index (χ2v) is 7.85. The van der Waals surface area contributed by atoms with E-state index in [1.54, 1.807) is 14.2 Å². The maximum Gasteiger partial charge on any atom is 0.309 e. The summed E-state index contributed by atoms with van der Waals surface area (Å²) in [6, 6.07) is 14.4. The van der Waals surface area contributed by atoms with Gasteiger partial charge in [-0.15, -0.1) is 11.3 Å². The zero-order chi connectivity index (χ0) is 19.7. The highest BCUT2D eigenvalue weighted by Crippen LogP contribution is 2.47. The van der Waals surface area contributed by atoms with Gasteiger partial charge in [0.2, 0.25) is 0 Å². The monoisotopic (exact) mass is 395 g/mol. The molecule has 1 aliphatic carbocycles. The van der Waals surface area contributed by atoms with Crippen LogP contribution in [0.4, 0.5) is 0 Å². The Hall–Kier alpha value is -2.86. The second kappa shape index (κ2) is 7.28. The van der Waals surface area contributed by atoms with Crippen LogP contribution in [0.2, 0.25) is 0 Å². The largest absolute Gasteiger partial charge is 0.493 e. The molecular formula is C22H21NO4S. The van der Waals surface area contributed by atoms with Gasteiger partial charge in [0, 0.05) is 5.38 Å². The van der Waals surface area contributed by atoms with Crippen LogP contribution >= 0.6 is 11.3 Å². The zero-order valence-electron chi connectivity index (χ0n) is 15.8. The Morgan fingerprint density at radius 3 is 2.39 bits per heavy atom. The summed E-state index contributed by atoms with van der Waals surface area (Å²) in [5.74, 6) is 0.493. The van der Waals surface area contributed by atoms with E-state index in [0.717, 1.165) is 23.4 Å². The highest BCUT2D eigenvalue weighted by Gasteiger charge is 2.43. The van der Waals surface area contributed by atoms with E-state index in [1.807, 2.05) is 17.5 Å². The molecule has 0 fully saturated rings. The number of thiazole rings is 1. The van der Waals surface area contributed by atoms with Crippen LogP contribution in [0, 0.1) is 0 Å². The summed E-state index contributed by atoms with van der Waals surface area (Å²) >= 11 is 1.53. The van der Waals surface area contributed by atoms with Crippen LogP contribution in [0.15, 0.2) is 47.8 Å². The quantitative estimate of drug-likeness (QED) is 0.686. The van der Waals surface area contributed by atoms with Crippen molar-refractivity contribution in [3.63, 3.8) is 0 Å². The lowest BCUT2D eigenvalue weighted by atomic mass is 9.78. The number of rotatable bonds is 6. The van der Waals surface area contributed by atoms with Gasteiger partial charge in [0.15, 0.2) is 11.5 Å². The summed E-state index contributed by atoms with van der Waals surface area (Å²) in [5, 5.41) is 11.9. The predicted octanol–water partition coefficient (Wildman–Crippen LogP) is 3.87. The van der Waals surface area contributed by atoms with E-state index < -0.39 is 5.97 Å². The zero-order valence-corrected chi connectivity index (χ0v) is 16.6. The third-order valence-electron chi connectivity index (χ3n) is 5.33. The van der Waals surface area contributed by atoms with E-state index in [9.17, 15) is 4.79 Å². The summed E-state index contributed by atoms with van der Waals surface area (Å²) in [4.78, 5) is 15.8. The minimum atomic E-state index is -0.869. The number of hydrogen-bond acceptors (Lipinski definition) is 5. The second-order valence-electron chi connectivity index (χ2n) is 6.99. The van der Waals surface area contributed by atoms with Gasteiger partial charge in [-0.3, -0.25) is 4.79 Å². The van der Waals surface area contributed by atoms with Gasteiger partial charge < -0.3 is 14.6 Å². The lowest BCUT2D eigenvalue weighted by molar-refractivity contribution is -0.136. The Morgan fingerprint density at radius 2 is 1.79 bits per heavy atom. The van der Waals surface area contributed by atoms with E-state index in [1.165, 1.54) is 22.5 Å². The molecule has 1 heterocycles. The molecule has 144 valence electrons. The van der Waals surface area contributed by atoms with E-state index >= 15 is 0 Å². The lowest BCUT2D eigenvalue weighted by Gasteiger charge is -2.28. The number of methoxy groups -OCH3 is 2. The Labute approximate surface area is 167 Å². The summed E-state index contributed by atoms with van der Waals surface area (Å²) in [5.41, 5.74) is 3.95. The first-order valence-electron chi connectivity index (χ1n) is 9.01. The maximum atomic E-state index is 11.1. The molecule has 1 aliphatic rings. The number of carboxylic acids is 1. The molecule has 3 aromatic rings. The van der Waals surface area contributed by atoms with Gasteiger partial charge in [0.05, 0.1) is 31.7 Å². The van der Waals surface area contributed by atoms with Crippen LogP contribution in [0.1, 0.15) is 27.4 Å². The van der Waals surface area contributed by atoms with Crippen molar-refractivity contribution in [3.8, 4) is 11.5 Å². The smallest absolute Gasteiger partial charge is 0.309 e. The Balaban J connectivity index is 1.84.